The van der Waals surface area contributed by atoms with Gasteiger partial charge in [-0.05, 0) is 23.3 Å². The molecule has 2 aromatic rings. The minimum Gasteiger partial charge on any atom is -0.497 e. The average Bonchev–Trinajstić information content (AvgIpc) is 2.71. The van der Waals surface area contributed by atoms with E-state index in [1.807, 2.05) is 30.3 Å². The average molecular weight is 380 g/mol. The Labute approximate surface area is 161 Å². The second kappa shape index (κ2) is 7.22. The molecule has 0 aliphatic carbocycles. The van der Waals surface area contributed by atoms with Crippen molar-refractivity contribution in [2.24, 2.45) is 5.92 Å². The molecule has 5 amide bonds. The molecule has 2 aliphatic heterocycles. The third-order valence-electron chi connectivity index (χ3n) is 5.07. The number of hydrogen-bond donors (Lipinski definition) is 3. The Morgan fingerprint density at radius 3 is 2.36 bits per heavy atom. The maximum Gasteiger partial charge on any atom is 0.326 e. The fourth-order valence-corrected chi connectivity index (χ4v) is 3.68. The summed E-state index contributed by atoms with van der Waals surface area (Å²) in [6, 6.07) is 15.0. The van der Waals surface area contributed by atoms with Crippen LogP contribution < -0.4 is 20.7 Å². The molecule has 2 aliphatic rings. The van der Waals surface area contributed by atoms with E-state index in [4.69, 9.17) is 4.74 Å². The number of amides is 5. The smallest absolute Gasteiger partial charge is 0.326 e. The van der Waals surface area contributed by atoms with E-state index in [-0.39, 0.29) is 6.54 Å². The van der Waals surface area contributed by atoms with Crippen LogP contribution in [0.2, 0.25) is 0 Å². The van der Waals surface area contributed by atoms with Gasteiger partial charge in [0.1, 0.15) is 17.8 Å². The summed E-state index contributed by atoms with van der Waals surface area (Å²) >= 11 is 0. The van der Waals surface area contributed by atoms with Crippen LogP contribution in [0.3, 0.4) is 0 Å². The van der Waals surface area contributed by atoms with E-state index in [2.05, 4.69) is 16.0 Å². The lowest BCUT2D eigenvalue weighted by Gasteiger charge is -2.46. The zero-order valence-electron chi connectivity index (χ0n) is 15.2. The van der Waals surface area contributed by atoms with E-state index in [9.17, 15) is 14.4 Å². The maximum absolute atomic E-state index is 12.7. The van der Waals surface area contributed by atoms with Crippen LogP contribution in [0.25, 0.3) is 0 Å². The van der Waals surface area contributed by atoms with Crippen molar-refractivity contribution >= 4 is 18.0 Å². The molecule has 3 unspecified atom stereocenters. The monoisotopic (exact) mass is 380 g/mol. The predicted molar refractivity (Wildman–Crippen MR) is 100 cm³/mol. The molecular weight excluding hydrogens is 360 g/mol. The van der Waals surface area contributed by atoms with Gasteiger partial charge in [0.15, 0.2) is 0 Å². The predicted octanol–water partition coefficient (Wildman–Crippen LogP) is 1.74. The van der Waals surface area contributed by atoms with Crippen LogP contribution in [0, 0.1) is 5.92 Å². The Morgan fingerprint density at radius 2 is 1.68 bits per heavy atom. The van der Waals surface area contributed by atoms with Gasteiger partial charge in [0.2, 0.25) is 5.91 Å². The first-order valence-electron chi connectivity index (χ1n) is 8.93. The van der Waals surface area contributed by atoms with Crippen molar-refractivity contribution in [1.82, 2.24) is 20.9 Å². The number of urea groups is 2. The fraction of sp³-hybridized carbons (Fsp3) is 0.250. The minimum atomic E-state index is -0.748. The normalized spacial score (nSPS) is 24.0. The Hall–Kier alpha value is -3.55. The van der Waals surface area contributed by atoms with Crippen molar-refractivity contribution < 1.29 is 19.1 Å². The molecule has 0 bridgehead atoms. The van der Waals surface area contributed by atoms with Crippen molar-refractivity contribution in [3.63, 3.8) is 0 Å². The lowest BCUT2D eigenvalue weighted by atomic mass is 9.86. The zero-order chi connectivity index (χ0) is 19.7. The Morgan fingerprint density at radius 1 is 0.964 bits per heavy atom. The van der Waals surface area contributed by atoms with Gasteiger partial charge < -0.3 is 15.4 Å². The van der Waals surface area contributed by atoms with Crippen LogP contribution in [-0.4, -0.2) is 36.1 Å². The molecule has 0 radical (unpaired) electrons. The molecule has 2 saturated heterocycles. The number of nitrogens with one attached hydrogen (secondary N) is 3. The van der Waals surface area contributed by atoms with Crippen LogP contribution in [0.15, 0.2) is 54.6 Å². The first-order valence-corrected chi connectivity index (χ1v) is 8.93. The Kier molecular flexibility index (Phi) is 4.60. The molecule has 3 N–H and O–H groups in total. The maximum atomic E-state index is 12.7. The molecule has 4 rings (SSSR count). The Balaban J connectivity index is 1.67. The summed E-state index contributed by atoms with van der Waals surface area (Å²) in [5.74, 6) is -0.422. The molecule has 0 spiro atoms. The van der Waals surface area contributed by atoms with Gasteiger partial charge in [-0.2, -0.15) is 0 Å². The zero-order valence-corrected chi connectivity index (χ0v) is 15.2. The van der Waals surface area contributed by atoms with Crippen LogP contribution in [0.5, 0.6) is 5.75 Å². The van der Waals surface area contributed by atoms with Crippen LogP contribution in [0.4, 0.5) is 9.59 Å². The van der Waals surface area contributed by atoms with Crippen molar-refractivity contribution in [3.05, 3.63) is 65.7 Å². The number of nitrogens with zero attached hydrogens (tertiary/aromatic N) is 1. The molecule has 2 heterocycles. The first kappa shape index (κ1) is 17.8. The topological polar surface area (TPSA) is 99.8 Å². The quantitative estimate of drug-likeness (QED) is 0.752. The second-order valence-electron chi connectivity index (χ2n) is 6.75. The highest BCUT2D eigenvalue weighted by Crippen LogP contribution is 2.33. The number of methoxy groups -OCH3 is 1. The lowest BCUT2D eigenvalue weighted by molar-refractivity contribution is -0.130. The summed E-state index contributed by atoms with van der Waals surface area (Å²) in [7, 11) is 1.57. The molecule has 0 aromatic heterocycles. The van der Waals surface area contributed by atoms with E-state index in [0.717, 1.165) is 11.1 Å². The van der Waals surface area contributed by atoms with Gasteiger partial charge in [-0.1, -0.05) is 42.5 Å². The standard InChI is InChI=1S/C20H20N4O4/c1-28-14-9-7-13(8-10-14)16-15-17(22-19(26)21-16)24(20(27)23-18(15)25)11-12-5-3-2-4-6-12/h2-10,15-17H,11H2,1H3,(H2,21,22,26)(H,23,25,27). The lowest BCUT2D eigenvalue weighted by Crippen LogP contribution is -2.71. The fourth-order valence-electron chi connectivity index (χ4n) is 3.68. The van der Waals surface area contributed by atoms with E-state index >= 15 is 0 Å². The summed E-state index contributed by atoms with van der Waals surface area (Å²) in [4.78, 5) is 39.0. The number of carbonyl (C=O) groups is 3. The van der Waals surface area contributed by atoms with Gasteiger partial charge in [-0.15, -0.1) is 0 Å². The van der Waals surface area contributed by atoms with Gasteiger partial charge in [-0.25, -0.2) is 9.59 Å². The van der Waals surface area contributed by atoms with Crippen molar-refractivity contribution in [3.8, 4) is 5.75 Å². The highest BCUT2D eigenvalue weighted by atomic mass is 16.5. The van der Waals surface area contributed by atoms with Gasteiger partial charge in [0, 0.05) is 6.54 Å². The highest BCUT2D eigenvalue weighted by molar-refractivity contribution is 6.00. The van der Waals surface area contributed by atoms with Crippen molar-refractivity contribution in [2.75, 3.05) is 7.11 Å². The number of carbonyl (C=O) groups excluding carboxylic acids is 3. The van der Waals surface area contributed by atoms with E-state index in [0.29, 0.717) is 5.75 Å². The first-order chi connectivity index (χ1) is 13.6. The molecule has 8 nitrogen and oxygen atoms in total. The molecule has 2 fully saturated rings. The largest absolute Gasteiger partial charge is 0.497 e. The number of fused-ring (bicyclic) bond motifs is 1. The summed E-state index contributed by atoms with van der Waals surface area (Å²) in [5.41, 5.74) is 1.66. The van der Waals surface area contributed by atoms with Crippen molar-refractivity contribution in [2.45, 2.75) is 18.8 Å². The number of hydrogen-bond acceptors (Lipinski definition) is 4. The van der Waals surface area contributed by atoms with Gasteiger partial charge in [0.25, 0.3) is 0 Å². The van der Waals surface area contributed by atoms with Crippen LogP contribution in [-0.2, 0) is 11.3 Å². The number of rotatable bonds is 4. The summed E-state index contributed by atoms with van der Waals surface area (Å²) in [6.45, 7) is 0.275. The van der Waals surface area contributed by atoms with Crippen LogP contribution in [0.1, 0.15) is 17.2 Å². The Bertz CT molecular complexity index is 900. The SMILES string of the molecule is COc1ccc(C2NC(=O)NC3C2C(=O)NC(=O)N3Cc2ccccc2)cc1. The summed E-state index contributed by atoms with van der Waals surface area (Å²) < 4.78 is 5.17. The van der Waals surface area contributed by atoms with Gasteiger partial charge in [-0.3, -0.25) is 15.0 Å². The molecule has 2 aromatic carbocycles. The summed E-state index contributed by atoms with van der Waals surface area (Å²) in [6.07, 6.45) is -0.748. The third kappa shape index (κ3) is 3.24. The second-order valence-corrected chi connectivity index (χ2v) is 6.75. The third-order valence-corrected chi connectivity index (χ3v) is 5.07. The van der Waals surface area contributed by atoms with E-state index < -0.39 is 36.1 Å². The van der Waals surface area contributed by atoms with E-state index in [1.165, 1.54) is 4.90 Å². The molecule has 28 heavy (non-hydrogen) atoms. The van der Waals surface area contributed by atoms with Crippen molar-refractivity contribution in [1.29, 1.82) is 0 Å². The minimum absolute atomic E-state index is 0.275. The number of ether oxygens (including phenoxy) is 1. The van der Waals surface area contributed by atoms with Gasteiger partial charge in [0.05, 0.1) is 13.2 Å². The van der Waals surface area contributed by atoms with E-state index in [1.54, 1.807) is 31.4 Å². The molecule has 3 atom stereocenters. The van der Waals surface area contributed by atoms with Gasteiger partial charge >= 0.3 is 12.1 Å². The molecule has 8 heteroatoms. The van der Waals surface area contributed by atoms with Crippen LogP contribution >= 0.6 is 0 Å². The molecular formula is C20H20N4O4. The summed E-state index contributed by atoms with van der Waals surface area (Å²) in [5, 5.41) is 7.97. The molecule has 144 valence electrons. The highest BCUT2D eigenvalue weighted by Gasteiger charge is 2.49. The molecule has 0 saturated carbocycles. The number of benzene rings is 2. The number of imide groups is 1.